The Labute approximate surface area is 197 Å². The zero-order valence-corrected chi connectivity index (χ0v) is 20.5. The summed E-state index contributed by atoms with van der Waals surface area (Å²) in [6.45, 7) is 13.6. The van der Waals surface area contributed by atoms with Gasteiger partial charge in [-0.15, -0.1) is 0 Å². The van der Waals surface area contributed by atoms with E-state index >= 15 is 0 Å². The number of carbonyl (C=O) groups excluding carboxylic acids is 2. The molecule has 6 heteroatoms. The number of amides is 2. The van der Waals surface area contributed by atoms with Gasteiger partial charge in [-0.25, -0.2) is 0 Å². The molecule has 3 aliphatic rings. The van der Waals surface area contributed by atoms with Gasteiger partial charge < -0.3 is 20.9 Å². The van der Waals surface area contributed by atoms with Crippen molar-refractivity contribution in [3.05, 3.63) is 53.5 Å². The van der Waals surface area contributed by atoms with Gasteiger partial charge in [0.2, 0.25) is 5.91 Å². The first-order chi connectivity index (χ1) is 15.7. The minimum absolute atomic E-state index is 0.166. The number of nitrogens with one attached hydrogen (secondary N) is 3. The third kappa shape index (κ3) is 4.80. The number of rotatable bonds is 4. The number of nitrogens with zero attached hydrogens (tertiary/aromatic N) is 1. The van der Waals surface area contributed by atoms with E-state index in [0.717, 1.165) is 48.3 Å². The highest BCUT2D eigenvalue weighted by Crippen LogP contribution is 2.44. The first-order valence-corrected chi connectivity index (χ1v) is 12.3. The molecule has 2 heterocycles. The Morgan fingerprint density at radius 1 is 1.24 bits per heavy atom. The lowest BCUT2D eigenvalue weighted by Gasteiger charge is -2.46. The zero-order valence-electron chi connectivity index (χ0n) is 20.5. The van der Waals surface area contributed by atoms with Crippen LogP contribution >= 0.6 is 0 Å². The summed E-state index contributed by atoms with van der Waals surface area (Å²) in [5.74, 6) is 0.673. The average molecular weight is 451 g/mol. The fraction of sp³-hybridized carbons (Fsp3) is 0.556. The Bertz CT molecular complexity index is 964. The van der Waals surface area contributed by atoms with E-state index in [1.54, 1.807) is 6.20 Å². The summed E-state index contributed by atoms with van der Waals surface area (Å²) in [4.78, 5) is 28.2. The van der Waals surface area contributed by atoms with Crippen molar-refractivity contribution in [3.63, 3.8) is 0 Å². The second-order valence-electron chi connectivity index (χ2n) is 10.6. The Balaban J connectivity index is 1.53. The standard InChI is InChI=1S/C27H38N4O2/c1-17-8-6-9-21(12-17)31-19(3)13-27(5,14-25(31)32)22-10-7-11-23(20(22)4)30-26(33)24-16-28-15-18(2)29-24/h7,10-11,16-18,21,28-29H,3,6,8-9,12-15H2,1-2,4-5H3,(H,30,33)/t17?,18?,21-,27+/m1/s1. The van der Waals surface area contributed by atoms with Gasteiger partial charge in [-0.2, -0.15) is 0 Å². The molecule has 4 atom stereocenters. The lowest BCUT2D eigenvalue weighted by Crippen LogP contribution is -2.49. The van der Waals surface area contributed by atoms with E-state index in [9.17, 15) is 9.59 Å². The normalized spacial score (nSPS) is 30.2. The molecule has 0 spiro atoms. The molecule has 6 nitrogen and oxygen atoms in total. The van der Waals surface area contributed by atoms with Gasteiger partial charge in [-0.05, 0) is 56.2 Å². The van der Waals surface area contributed by atoms with Gasteiger partial charge in [0.25, 0.3) is 5.91 Å². The van der Waals surface area contributed by atoms with Crippen molar-refractivity contribution in [1.82, 2.24) is 15.5 Å². The Hall–Kier alpha value is -2.76. The molecule has 2 fully saturated rings. The maximum absolute atomic E-state index is 13.4. The predicted octanol–water partition coefficient (Wildman–Crippen LogP) is 4.33. The molecule has 1 saturated carbocycles. The second-order valence-corrected chi connectivity index (χ2v) is 10.6. The highest BCUT2D eigenvalue weighted by Gasteiger charge is 2.42. The van der Waals surface area contributed by atoms with Crippen LogP contribution in [0.5, 0.6) is 0 Å². The lowest BCUT2D eigenvalue weighted by molar-refractivity contribution is -0.135. The fourth-order valence-corrected chi connectivity index (χ4v) is 5.92. The van der Waals surface area contributed by atoms with Gasteiger partial charge in [0, 0.05) is 48.0 Å². The highest BCUT2D eigenvalue weighted by molar-refractivity contribution is 6.03. The summed E-state index contributed by atoms with van der Waals surface area (Å²) in [6.07, 6.45) is 7.51. The maximum Gasteiger partial charge on any atom is 0.273 e. The van der Waals surface area contributed by atoms with Crippen molar-refractivity contribution >= 4 is 17.5 Å². The molecule has 1 saturated heterocycles. The van der Waals surface area contributed by atoms with E-state index < -0.39 is 0 Å². The first kappa shape index (κ1) is 23.4. The molecule has 2 unspecified atom stereocenters. The Kier molecular flexibility index (Phi) is 6.55. The van der Waals surface area contributed by atoms with E-state index in [-0.39, 0.29) is 29.3 Å². The highest BCUT2D eigenvalue weighted by atomic mass is 16.2. The Morgan fingerprint density at radius 3 is 2.73 bits per heavy atom. The van der Waals surface area contributed by atoms with Gasteiger partial charge in [0.05, 0.1) is 0 Å². The summed E-state index contributed by atoms with van der Waals surface area (Å²) in [5, 5.41) is 9.42. The Morgan fingerprint density at radius 2 is 2.03 bits per heavy atom. The largest absolute Gasteiger partial charge is 0.387 e. The summed E-state index contributed by atoms with van der Waals surface area (Å²) < 4.78 is 0. The quantitative estimate of drug-likeness (QED) is 0.638. The van der Waals surface area contributed by atoms with Crippen molar-refractivity contribution in [2.45, 2.75) is 83.7 Å². The zero-order chi connectivity index (χ0) is 23.8. The number of likely N-dealkylation sites (tertiary alicyclic amines) is 1. The van der Waals surface area contributed by atoms with Crippen LogP contribution < -0.4 is 16.0 Å². The molecule has 0 aromatic heterocycles. The van der Waals surface area contributed by atoms with E-state index in [4.69, 9.17) is 0 Å². The summed E-state index contributed by atoms with van der Waals surface area (Å²) in [6, 6.07) is 6.46. The predicted molar refractivity (Wildman–Crippen MR) is 132 cm³/mol. The van der Waals surface area contributed by atoms with Crippen LogP contribution in [0.15, 0.2) is 42.4 Å². The maximum atomic E-state index is 13.4. The molecule has 4 rings (SSSR count). The van der Waals surface area contributed by atoms with Crippen LogP contribution in [0.1, 0.15) is 70.4 Å². The van der Waals surface area contributed by atoms with Crippen LogP contribution in [-0.2, 0) is 15.0 Å². The number of allylic oxidation sites excluding steroid dienone is 1. The average Bonchev–Trinajstić information content (AvgIpc) is 2.74. The molecule has 33 heavy (non-hydrogen) atoms. The third-order valence-electron chi connectivity index (χ3n) is 7.57. The molecule has 3 N–H and O–H groups in total. The monoisotopic (exact) mass is 450 g/mol. The van der Waals surface area contributed by atoms with Crippen molar-refractivity contribution in [1.29, 1.82) is 0 Å². The van der Waals surface area contributed by atoms with Crippen LogP contribution in [0.3, 0.4) is 0 Å². The van der Waals surface area contributed by atoms with Gasteiger partial charge in [0.15, 0.2) is 0 Å². The van der Waals surface area contributed by atoms with Crippen molar-refractivity contribution in [2.24, 2.45) is 5.92 Å². The molecule has 1 aromatic rings. The van der Waals surface area contributed by atoms with E-state index in [1.165, 1.54) is 12.8 Å². The summed E-state index contributed by atoms with van der Waals surface area (Å²) in [7, 11) is 0. The number of benzene rings is 1. The second kappa shape index (κ2) is 9.24. The van der Waals surface area contributed by atoms with Crippen molar-refractivity contribution in [2.75, 3.05) is 11.9 Å². The minimum Gasteiger partial charge on any atom is -0.387 e. The molecule has 178 valence electrons. The van der Waals surface area contributed by atoms with E-state index in [2.05, 4.69) is 42.4 Å². The fourth-order valence-electron chi connectivity index (χ4n) is 5.92. The molecule has 1 aromatic carbocycles. The molecule has 2 aliphatic heterocycles. The van der Waals surface area contributed by atoms with Gasteiger partial charge >= 0.3 is 0 Å². The number of carbonyl (C=O) groups is 2. The molecule has 0 bridgehead atoms. The molecular weight excluding hydrogens is 412 g/mol. The van der Waals surface area contributed by atoms with Crippen LogP contribution in [-0.4, -0.2) is 35.3 Å². The first-order valence-electron chi connectivity index (χ1n) is 12.3. The van der Waals surface area contributed by atoms with Crippen LogP contribution in [0.2, 0.25) is 0 Å². The van der Waals surface area contributed by atoms with Crippen LogP contribution in [0, 0.1) is 12.8 Å². The van der Waals surface area contributed by atoms with Gasteiger partial charge in [-0.1, -0.05) is 45.4 Å². The smallest absolute Gasteiger partial charge is 0.273 e. The minimum atomic E-state index is -0.339. The van der Waals surface area contributed by atoms with Crippen molar-refractivity contribution in [3.8, 4) is 0 Å². The topological polar surface area (TPSA) is 73.5 Å². The molecule has 2 amide bonds. The lowest BCUT2D eigenvalue weighted by atomic mass is 9.70. The van der Waals surface area contributed by atoms with Crippen molar-refractivity contribution < 1.29 is 9.59 Å². The van der Waals surface area contributed by atoms with Gasteiger partial charge in [0.1, 0.15) is 5.70 Å². The number of piperidine rings is 1. The number of anilines is 1. The van der Waals surface area contributed by atoms with E-state index in [0.29, 0.717) is 18.0 Å². The molecular formula is C27H38N4O2. The molecule has 0 radical (unpaired) electrons. The van der Waals surface area contributed by atoms with E-state index in [1.807, 2.05) is 30.9 Å². The number of hydrogen-bond acceptors (Lipinski definition) is 4. The summed E-state index contributed by atoms with van der Waals surface area (Å²) in [5.41, 5.74) is 4.01. The van der Waals surface area contributed by atoms with Crippen LogP contribution in [0.4, 0.5) is 5.69 Å². The SMILES string of the molecule is C=C1C[C@](C)(c2cccc(NC(=O)C3=CNCC(C)N3)c2C)CC(=O)N1[C@@H]1CCCC(C)C1. The van der Waals surface area contributed by atoms with Crippen LogP contribution in [0.25, 0.3) is 0 Å². The molecule has 1 aliphatic carbocycles. The summed E-state index contributed by atoms with van der Waals surface area (Å²) >= 11 is 0. The third-order valence-corrected chi connectivity index (χ3v) is 7.57. The number of hydrogen-bond donors (Lipinski definition) is 3. The van der Waals surface area contributed by atoms with Gasteiger partial charge in [-0.3, -0.25) is 9.59 Å².